The zero-order chi connectivity index (χ0) is 12.8. The monoisotopic (exact) mass is 247 g/mol. The third-order valence-corrected chi connectivity index (χ3v) is 3.25. The molecule has 98 valence electrons. The van der Waals surface area contributed by atoms with Crippen LogP contribution in [0.4, 0.5) is 4.79 Å². The lowest BCUT2D eigenvalue weighted by Crippen LogP contribution is -2.42. The Labute approximate surface area is 108 Å². The molecule has 1 saturated heterocycles. The lowest BCUT2D eigenvalue weighted by Gasteiger charge is -2.12. The van der Waals surface area contributed by atoms with Crippen LogP contribution in [0.5, 0.6) is 0 Å². The maximum absolute atomic E-state index is 11.6. The number of nitrogens with one attached hydrogen (secondary N) is 3. The number of amides is 2. The predicted molar refractivity (Wildman–Crippen MR) is 72.4 cm³/mol. The van der Waals surface area contributed by atoms with Gasteiger partial charge in [0.05, 0.1) is 0 Å². The van der Waals surface area contributed by atoms with Gasteiger partial charge in [0.1, 0.15) is 0 Å². The van der Waals surface area contributed by atoms with Crippen LogP contribution in [0.2, 0.25) is 0 Å². The van der Waals surface area contributed by atoms with E-state index < -0.39 is 0 Å². The van der Waals surface area contributed by atoms with E-state index in [2.05, 4.69) is 35.0 Å². The molecule has 3 N–H and O–H groups in total. The molecule has 1 aromatic rings. The van der Waals surface area contributed by atoms with Crippen molar-refractivity contribution in [1.29, 1.82) is 0 Å². The lowest BCUT2D eigenvalue weighted by molar-refractivity contribution is 0.239. The number of carbonyl (C=O) groups is 1. The van der Waals surface area contributed by atoms with Gasteiger partial charge in [-0.05, 0) is 31.9 Å². The summed E-state index contributed by atoms with van der Waals surface area (Å²) >= 11 is 0. The molecule has 1 aromatic carbocycles. The van der Waals surface area contributed by atoms with Crippen molar-refractivity contribution < 1.29 is 4.79 Å². The summed E-state index contributed by atoms with van der Waals surface area (Å²) in [5, 5.41) is 9.11. The van der Waals surface area contributed by atoms with E-state index in [1.807, 2.05) is 12.1 Å². The van der Waals surface area contributed by atoms with E-state index in [9.17, 15) is 4.79 Å². The highest BCUT2D eigenvalue weighted by Crippen LogP contribution is 2.03. The van der Waals surface area contributed by atoms with Gasteiger partial charge in [-0.1, -0.05) is 29.8 Å². The average Bonchev–Trinajstić information content (AvgIpc) is 2.89. The molecular formula is C14H21N3O. The molecule has 4 nitrogen and oxygen atoms in total. The Morgan fingerprint density at radius 1 is 1.33 bits per heavy atom. The molecule has 0 radical (unpaired) electrons. The summed E-state index contributed by atoms with van der Waals surface area (Å²) in [7, 11) is 0. The highest BCUT2D eigenvalue weighted by atomic mass is 16.2. The molecule has 0 aliphatic carbocycles. The van der Waals surface area contributed by atoms with Crippen LogP contribution in [0.3, 0.4) is 0 Å². The minimum Gasteiger partial charge on any atom is -0.337 e. The molecule has 1 aliphatic heterocycles. The zero-order valence-corrected chi connectivity index (χ0v) is 10.8. The summed E-state index contributed by atoms with van der Waals surface area (Å²) in [5.74, 6) is 0. The number of benzene rings is 1. The van der Waals surface area contributed by atoms with Crippen molar-refractivity contribution in [1.82, 2.24) is 16.0 Å². The predicted octanol–water partition coefficient (Wildman–Crippen LogP) is 1.55. The van der Waals surface area contributed by atoms with Gasteiger partial charge in [-0.2, -0.15) is 0 Å². The first-order valence-electron chi connectivity index (χ1n) is 6.54. The van der Waals surface area contributed by atoms with Gasteiger partial charge < -0.3 is 16.0 Å². The zero-order valence-electron chi connectivity index (χ0n) is 10.8. The van der Waals surface area contributed by atoms with Gasteiger partial charge in [0, 0.05) is 19.1 Å². The van der Waals surface area contributed by atoms with Crippen molar-refractivity contribution in [2.24, 2.45) is 0 Å². The van der Waals surface area contributed by atoms with Crippen LogP contribution >= 0.6 is 0 Å². The van der Waals surface area contributed by atoms with Crippen molar-refractivity contribution in [3.63, 3.8) is 0 Å². The fraction of sp³-hybridized carbons (Fsp3) is 0.500. The van der Waals surface area contributed by atoms with E-state index >= 15 is 0 Å². The Kier molecular flexibility index (Phi) is 4.59. The van der Waals surface area contributed by atoms with Crippen LogP contribution in [-0.4, -0.2) is 25.2 Å². The van der Waals surface area contributed by atoms with Crippen LogP contribution in [-0.2, 0) is 6.54 Å². The second-order valence-electron chi connectivity index (χ2n) is 4.84. The van der Waals surface area contributed by atoms with E-state index in [1.54, 1.807) is 0 Å². The second kappa shape index (κ2) is 6.40. The lowest BCUT2D eigenvalue weighted by atomic mass is 10.1. The molecule has 0 unspecified atom stereocenters. The molecule has 18 heavy (non-hydrogen) atoms. The normalized spacial score (nSPS) is 18.6. The second-order valence-corrected chi connectivity index (χ2v) is 4.84. The van der Waals surface area contributed by atoms with Crippen LogP contribution in [0.1, 0.15) is 24.0 Å². The standard InChI is InChI=1S/C14H21N3O/c1-11-4-6-12(7-5-11)9-16-14(18)17-10-13-3-2-8-15-13/h4-7,13,15H,2-3,8-10H2,1H3,(H2,16,17,18)/t13-/m0/s1. The van der Waals surface area contributed by atoms with Gasteiger partial charge in [0.15, 0.2) is 0 Å². The summed E-state index contributed by atoms with van der Waals surface area (Å²) < 4.78 is 0. The summed E-state index contributed by atoms with van der Waals surface area (Å²) in [6.45, 7) is 4.40. The van der Waals surface area contributed by atoms with Crippen molar-refractivity contribution in [3.05, 3.63) is 35.4 Å². The number of hydrogen-bond donors (Lipinski definition) is 3. The maximum atomic E-state index is 11.6. The van der Waals surface area contributed by atoms with Crippen LogP contribution in [0, 0.1) is 6.92 Å². The average molecular weight is 247 g/mol. The summed E-state index contributed by atoms with van der Waals surface area (Å²) in [4.78, 5) is 11.6. The SMILES string of the molecule is Cc1ccc(CNC(=O)NC[C@@H]2CCCN2)cc1. The van der Waals surface area contributed by atoms with Gasteiger partial charge >= 0.3 is 6.03 Å². The van der Waals surface area contributed by atoms with E-state index in [0.717, 1.165) is 18.5 Å². The van der Waals surface area contributed by atoms with Gasteiger partial charge in [0.25, 0.3) is 0 Å². The first-order chi connectivity index (χ1) is 8.74. The molecule has 1 atom stereocenters. The minimum atomic E-state index is -0.0933. The largest absolute Gasteiger partial charge is 0.337 e. The fourth-order valence-electron chi connectivity index (χ4n) is 2.10. The molecule has 4 heteroatoms. The Morgan fingerprint density at radius 2 is 2.11 bits per heavy atom. The summed E-state index contributed by atoms with van der Waals surface area (Å²) in [5.41, 5.74) is 2.35. The molecule has 1 fully saturated rings. The fourth-order valence-corrected chi connectivity index (χ4v) is 2.10. The Balaban J connectivity index is 1.66. The van der Waals surface area contributed by atoms with E-state index in [1.165, 1.54) is 12.0 Å². The molecular weight excluding hydrogens is 226 g/mol. The van der Waals surface area contributed by atoms with Crippen LogP contribution in [0.25, 0.3) is 0 Å². The maximum Gasteiger partial charge on any atom is 0.315 e. The van der Waals surface area contributed by atoms with Crippen LogP contribution in [0.15, 0.2) is 24.3 Å². The first kappa shape index (κ1) is 12.9. The molecule has 0 saturated carbocycles. The van der Waals surface area contributed by atoms with Crippen molar-refractivity contribution in [2.45, 2.75) is 32.4 Å². The third-order valence-electron chi connectivity index (χ3n) is 3.25. The van der Waals surface area contributed by atoms with Gasteiger partial charge in [-0.3, -0.25) is 0 Å². The Hall–Kier alpha value is -1.55. The molecule has 1 heterocycles. The highest BCUT2D eigenvalue weighted by molar-refractivity contribution is 5.73. The highest BCUT2D eigenvalue weighted by Gasteiger charge is 2.14. The molecule has 0 aromatic heterocycles. The summed E-state index contributed by atoms with van der Waals surface area (Å²) in [6.07, 6.45) is 2.36. The number of urea groups is 1. The first-order valence-corrected chi connectivity index (χ1v) is 6.54. The van der Waals surface area contributed by atoms with Gasteiger partial charge in [-0.25, -0.2) is 4.79 Å². The Bertz CT molecular complexity index is 383. The van der Waals surface area contributed by atoms with E-state index in [0.29, 0.717) is 19.1 Å². The molecule has 0 spiro atoms. The number of hydrogen-bond acceptors (Lipinski definition) is 2. The van der Waals surface area contributed by atoms with E-state index in [-0.39, 0.29) is 6.03 Å². The topological polar surface area (TPSA) is 53.2 Å². The smallest absolute Gasteiger partial charge is 0.315 e. The van der Waals surface area contributed by atoms with E-state index in [4.69, 9.17) is 0 Å². The van der Waals surface area contributed by atoms with Gasteiger partial charge in [-0.15, -0.1) is 0 Å². The van der Waals surface area contributed by atoms with Gasteiger partial charge in [0.2, 0.25) is 0 Å². The molecule has 0 bridgehead atoms. The number of carbonyl (C=O) groups excluding carboxylic acids is 1. The van der Waals surface area contributed by atoms with Crippen molar-refractivity contribution >= 4 is 6.03 Å². The van der Waals surface area contributed by atoms with Crippen molar-refractivity contribution in [3.8, 4) is 0 Å². The minimum absolute atomic E-state index is 0.0933. The molecule has 2 rings (SSSR count). The van der Waals surface area contributed by atoms with Crippen molar-refractivity contribution in [2.75, 3.05) is 13.1 Å². The number of aryl methyl sites for hydroxylation is 1. The Morgan fingerprint density at radius 3 is 2.78 bits per heavy atom. The summed E-state index contributed by atoms with van der Waals surface area (Å²) in [6, 6.07) is 8.52. The molecule has 2 amide bonds. The third kappa shape index (κ3) is 4.04. The van der Waals surface area contributed by atoms with Crippen LogP contribution < -0.4 is 16.0 Å². The number of rotatable bonds is 4. The molecule has 1 aliphatic rings. The quantitative estimate of drug-likeness (QED) is 0.756.